The smallest absolute Gasteiger partial charge is 0.224 e. The molecule has 1 saturated carbocycles. The highest BCUT2D eigenvalue weighted by molar-refractivity contribution is 5.45. The molecule has 1 aliphatic carbocycles. The van der Waals surface area contributed by atoms with E-state index >= 15 is 0 Å². The maximum atomic E-state index is 5.65. The number of aromatic nitrogens is 4. The van der Waals surface area contributed by atoms with E-state index in [2.05, 4.69) is 20.4 Å². The number of nitrogen functional groups attached to an aromatic ring is 1. The molecule has 0 bridgehead atoms. The van der Waals surface area contributed by atoms with Crippen LogP contribution in [0.1, 0.15) is 24.5 Å². The Hall–Kier alpha value is -2.11. The van der Waals surface area contributed by atoms with Gasteiger partial charge in [0.2, 0.25) is 5.95 Å². The number of hydrogen-bond acceptors (Lipinski definition) is 5. The van der Waals surface area contributed by atoms with Gasteiger partial charge in [-0.25, -0.2) is 4.68 Å². The van der Waals surface area contributed by atoms with Crippen molar-refractivity contribution < 1.29 is 0 Å². The predicted molar refractivity (Wildman–Crippen MR) is 65.1 cm³/mol. The van der Waals surface area contributed by atoms with Gasteiger partial charge in [-0.2, -0.15) is 15.1 Å². The Bertz CT molecular complexity index is 543. The number of nitrogens with zero attached hydrogens (tertiary/aromatic N) is 4. The number of anilines is 2. The van der Waals surface area contributed by atoms with E-state index in [9.17, 15) is 0 Å². The second-order valence-electron chi connectivity index (χ2n) is 4.18. The summed E-state index contributed by atoms with van der Waals surface area (Å²) in [7, 11) is 1.80. The van der Waals surface area contributed by atoms with E-state index in [0.717, 1.165) is 5.69 Å². The van der Waals surface area contributed by atoms with Gasteiger partial charge in [0.1, 0.15) is 5.82 Å². The molecule has 2 heterocycles. The summed E-state index contributed by atoms with van der Waals surface area (Å²) in [6.45, 7) is 0. The van der Waals surface area contributed by atoms with E-state index in [4.69, 9.17) is 5.73 Å². The van der Waals surface area contributed by atoms with Crippen LogP contribution < -0.4 is 11.1 Å². The molecule has 1 aliphatic rings. The number of rotatable bonds is 3. The Kier molecular flexibility index (Phi) is 2.21. The SMILES string of the molecule is CNc1cc(-n2ccc(C3CC3)n2)nc(N)n1. The molecule has 0 amide bonds. The Morgan fingerprint density at radius 3 is 2.94 bits per heavy atom. The summed E-state index contributed by atoms with van der Waals surface area (Å²) in [5, 5.41) is 7.45. The lowest BCUT2D eigenvalue weighted by molar-refractivity contribution is 0.810. The Morgan fingerprint density at radius 2 is 2.24 bits per heavy atom. The van der Waals surface area contributed by atoms with Gasteiger partial charge >= 0.3 is 0 Å². The molecule has 0 radical (unpaired) electrons. The van der Waals surface area contributed by atoms with Gasteiger partial charge in [-0.3, -0.25) is 0 Å². The van der Waals surface area contributed by atoms with E-state index in [1.807, 2.05) is 18.3 Å². The van der Waals surface area contributed by atoms with Gasteiger partial charge in [-0.1, -0.05) is 0 Å². The third-order valence-electron chi connectivity index (χ3n) is 2.83. The quantitative estimate of drug-likeness (QED) is 0.827. The van der Waals surface area contributed by atoms with Crippen molar-refractivity contribution in [3.05, 3.63) is 24.0 Å². The van der Waals surface area contributed by atoms with Crippen molar-refractivity contribution >= 4 is 11.8 Å². The van der Waals surface area contributed by atoms with Crippen molar-refractivity contribution in [3.8, 4) is 5.82 Å². The monoisotopic (exact) mass is 230 g/mol. The molecule has 2 aromatic heterocycles. The lowest BCUT2D eigenvalue weighted by Crippen LogP contribution is -2.06. The van der Waals surface area contributed by atoms with Crippen LogP contribution >= 0.6 is 0 Å². The van der Waals surface area contributed by atoms with Crippen molar-refractivity contribution in [2.24, 2.45) is 0 Å². The topological polar surface area (TPSA) is 81.7 Å². The van der Waals surface area contributed by atoms with Crippen LogP contribution in [-0.4, -0.2) is 26.8 Å². The maximum Gasteiger partial charge on any atom is 0.224 e. The van der Waals surface area contributed by atoms with E-state index in [1.165, 1.54) is 12.8 Å². The average Bonchev–Trinajstić information content (AvgIpc) is 3.06. The summed E-state index contributed by atoms with van der Waals surface area (Å²) < 4.78 is 1.74. The molecule has 6 nitrogen and oxygen atoms in total. The Balaban J connectivity index is 1.98. The fraction of sp³-hybridized carbons (Fsp3) is 0.364. The predicted octanol–water partition coefficient (Wildman–Crippen LogP) is 1.16. The standard InChI is InChI=1S/C11H14N6/c1-13-9-6-10(15-11(12)14-9)17-5-4-8(16-17)7-2-3-7/h4-7H,2-3H2,1H3,(H3,12,13,14,15). The zero-order valence-corrected chi connectivity index (χ0v) is 9.59. The minimum atomic E-state index is 0.246. The second-order valence-corrected chi connectivity index (χ2v) is 4.18. The molecule has 0 unspecified atom stereocenters. The van der Waals surface area contributed by atoms with E-state index in [-0.39, 0.29) is 5.95 Å². The normalized spacial score (nSPS) is 14.9. The molecule has 1 fully saturated rings. The van der Waals surface area contributed by atoms with Crippen molar-refractivity contribution in [1.29, 1.82) is 0 Å². The first-order chi connectivity index (χ1) is 8.26. The lowest BCUT2D eigenvalue weighted by atomic mass is 10.3. The largest absolute Gasteiger partial charge is 0.373 e. The van der Waals surface area contributed by atoms with Crippen LogP contribution in [0.15, 0.2) is 18.3 Å². The molecule has 0 saturated heterocycles. The van der Waals surface area contributed by atoms with Gasteiger partial charge in [0, 0.05) is 25.2 Å². The summed E-state index contributed by atoms with van der Waals surface area (Å²) in [4.78, 5) is 8.22. The molecule has 0 aromatic carbocycles. The Labute approximate surface area is 98.9 Å². The van der Waals surface area contributed by atoms with Gasteiger partial charge in [0.25, 0.3) is 0 Å². The number of hydrogen-bond donors (Lipinski definition) is 2. The molecule has 0 aliphatic heterocycles. The minimum absolute atomic E-state index is 0.246. The highest BCUT2D eigenvalue weighted by atomic mass is 15.3. The van der Waals surface area contributed by atoms with Crippen LogP contribution in [0.4, 0.5) is 11.8 Å². The summed E-state index contributed by atoms with van der Waals surface area (Å²) in [5.41, 5.74) is 6.78. The van der Waals surface area contributed by atoms with Crippen molar-refractivity contribution in [3.63, 3.8) is 0 Å². The summed E-state index contributed by atoms with van der Waals surface area (Å²) in [6.07, 6.45) is 4.39. The van der Waals surface area contributed by atoms with Crippen LogP contribution in [0, 0.1) is 0 Å². The molecule has 17 heavy (non-hydrogen) atoms. The fourth-order valence-electron chi connectivity index (χ4n) is 1.76. The van der Waals surface area contributed by atoms with Crippen LogP contribution in [-0.2, 0) is 0 Å². The van der Waals surface area contributed by atoms with E-state index in [0.29, 0.717) is 17.6 Å². The highest BCUT2D eigenvalue weighted by Gasteiger charge is 2.26. The van der Waals surface area contributed by atoms with Crippen LogP contribution in [0.3, 0.4) is 0 Å². The zero-order chi connectivity index (χ0) is 11.8. The Morgan fingerprint density at radius 1 is 1.41 bits per heavy atom. The zero-order valence-electron chi connectivity index (χ0n) is 9.59. The number of nitrogens with two attached hydrogens (primary N) is 1. The van der Waals surface area contributed by atoms with Gasteiger partial charge in [0.05, 0.1) is 5.69 Å². The molecule has 2 aromatic rings. The third-order valence-corrected chi connectivity index (χ3v) is 2.83. The second kappa shape index (κ2) is 3.73. The van der Waals surface area contributed by atoms with Gasteiger partial charge in [-0.05, 0) is 18.9 Å². The van der Waals surface area contributed by atoms with Crippen LogP contribution in [0.2, 0.25) is 0 Å². The van der Waals surface area contributed by atoms with Crippen molar-refractivity contribution in [2.45, 2.75) is 18.8 Å². The first-order valence-electron chi connectivity index (χ1n) is 5.64. The van der Waals surface area contributed by atoms with Crippen LogP contribution in [0.5, 0.6) is 0 Å². The first kappa shape index (κ1) is 10.1. The lowest BCUT2D eigenvalue weighted by Gasteiger charge is -2.04. The minimum Gasteiger partial charge on any atom is -0.373 e. The summed E-state index contributed by atoms with van der Waals surface area (Å²) >= 11 is 0. The average molecular weight is 230 g/mol. The van der Waals surface area contributed by atoms with E-state index < -0.39 is 0 Å². The molecule has 88 valence electrons. The molecule has 6 heteroatoms. The first-order valence-corrected chi connectivity index (χ1v) is 5.64. The molecule has 3 rings (SSSR count). The fourth-order valence-corrected chi connectivity index (χ4v) is 1.76. The third kappa shape index (κ3) is 1.93. The van der Waals surface area contributed by atoms with Crippen molar-refractivity contribution in [2.75, 3.05) is 18.1 Å². The molecule has 0 spiro atoms. The maximum absolute atomic E-state index is 5.65. The summed E-state index contributed by atoms with van der Waals surface area (Å²) in [6, 6.07) is 3.86. The van der Waals surface area contributed by atoms with Crippen molar-refractivity contribution in [1.82, 2.24) is 19.7 Å². The number of nitrogens with one attached hydrogen (secondary N) is 1. The summed E-state index contributed by atoms with van der Waals surface area (Å²) in [5.74, 6) is 2.26. The molecular weight excluding hydrogens is 216 g/mol. The molecule has 3 N–H and O–H groups in total. The van der Waals surface area contributed by atoms with Gasteiger partial charge in [-0.15, -0.1) is 0 Å². The molecule has 0 atom stereocenters. The molecular formula is C11H14N6. The highest BCUT2D eigenvalue weighted by Crippen LogP contribution is 2.38. The van der Waals surface area contributed by atoms with Gasteiger partial charge < -0.3 is 11.1 Å². The van der Waals surface area contributed by atoms with Crippen LogP contribution in [0.25, 0.3) is 5.82 Å². The van der Waals surface area contributed by atoms with Gasteiger partial charge in [0.15, 0.2) is 5.82 Å². The van der Waals surface area contributed by atoms with E-state index in [1.54, 1.807) is 11.7 Å².